The standard InChI is InChI=1S/C37H43N/c1-35(2)23-13-11-15-31(35)27-37(28-32-16-12-14-24-36(32,3)4)25-21-30(22-26-37)29-38(33-17-7-5-8-18-33)34-19-9-6-10-20-34/h5-25,31-32H,26-29H2,1-4H3. The fraction of sp³-hybridized carbons (Fsp3) is 0.351. The van der Waals surface area contributed by atoms with Crippen LogP contribution >= 0.6 is 0 Å². The van der Waals surface area contributed by atoms with Gasteiger partial charge in [0.15, 0.2) is 0 Å². The van der Waals surface area contributed by atoms with Crippen LogP contribution in [0.15, 0.2) is 133 Å². The lowest BCUT2D eigenvalue weighted by Crippen LogP contribution is -2.35. The zero-order chi connectivity index (χ0) is 26.6. The van der Waals surface area contributed by atoms with Gasteiger partial charge in [0.1, 0.15) is 0 Å². The number of anilines is 2. The van der Waals surface area contributed by atoms with Crippen LogP contribution in [0.25, 0.3) is 0 Å². The predicted molar refractivity (Wildman–Crippen MR) is 164 cm³/mol. The van der Waals surface area contributed by atoms with Gasteiger partial charge in [-0.15, -0.1) is 0 Å². The Morgan fingerprint density at radius 3 is 1.58 bits per heavy atom. The van der Waals surface area contributed by atoms with Crippen molar-refractivity contribution >= 4 is 11.4 Å². The molecule has 0 radical (unpaired) electrons. The van der Waals surface area contributed by atoms with Crippen LogP contribution < -0.4 is 4.90 Å². The first kappa shape index (κ1) is 26.3. The maximum absolute atomic E-state index is 2.58. The molecule has 38 heavy (non-hydrogen) atoms. The minimum Gasteiger partial charge on any atom is -0.337 e. The quantitative estimate of drug-likeness (QED) is 0.348. The third kappa shape index (κ3) is 5.88. The Kier molecular flexibility index (Phi) is 7.48. The van der Waals surface area contributed by atoms with E-state index in [1.807, 2.05) is 0 Å². The lowest BCUT2D eigenvalue weighted by molar-refractivity contribution is 0.165. The van der Waals surface area contributed by atoms with Gasteiger partial charge in [-0.05, 0) is 77.2 Å². The number of allylic oxidation sites excluding steroid dienone is 10. The molecule has 0 amide bonds. The average Bonchev–Trinajstić information content (AvgIpc) is 2.92. The normalized spacial score (nSPS) is 26.8. The third-order valence-corrected chi connectivity index (χ3v) is 9.02. The van der Waals surface area contributed by atoms with E-state index >= 15 is 0 Å². The second-order valence-electron chi connectivity index (χ2n) is 12.7. The summed E-state index contributed by atoms with van der Waals surface area (Å²) in [6.07, 6.45) is 29.6. The van der Waals surface area contributed by atoms with Crippen molar-refractivity contribution in [3.8, 4) is 0 Å². The van der Waals surface area contributed by atoms with E-state index in [0.29, 0.717) is 11.8 Å². The second-order valence-corrected chi connectivity index (χ2v) is 12.7. The molecule has 196 valence electrons. The zero-order valence-corrected chi connectivity index (χ0v) is 23.6. The van der Waals surface area contributed by atoms with Crippen LogP contribution in [0.2, 0.25) is 0 Å². The van der Waals surface area contributed by atoms with E-state index in [9.17, 15) is 0 Å². The van der Waals surface area contributed by atoms with E-state index in [2.05, 4.69) is 160 Å². The summed E-state index contributed by atoms with van der Waals surface area (Å²) in [7, 11) is 0. The fourth-order valence-electron chi connectivity index (χ4n) is 6.27. The smallest absolute Gasteiger partial charge is 0.0478 e. The molecular formula is C37H43N. The lowest BCUT2D eigenvalue weighted by Gasteiger charge is -2.44. The van der Waals surface area contributed by atoms with E-state index in [0.717, 1.165) is 13.0 Å². The number of hydrogen-bond donors (Lipinski definition) is 0. The Balaban J connectivity index is 1.41. The molecule has 5 rings (SSSR count). The largest absolute Gasteiger partial charge is 0.337 e. The molecule has 0 saturated carbocycles. The molecule has 0 heterocycles. The van der Waals surface area contributed by atoms with Gasteiger partial charge in [0.25, 0.3) is 0 Å². The Labute approximate surface area is 230 Å². The second kappa shape index (κ2) is 10.8. The van der Waals surface area contributed by atoms with Gasteiger partial charge in [0, 0.05) is 17.9 Å². The van der Waals surface area contributed by atoms with Crippen molar-refractivity contribution in [2.75, 3.05) is 11.4 Å². The highest BCUT2D eigenvalue weighted by atomic mass is 15.1. The third-order valence-electron chi connectivity index (χ3n) is 9.02. The van der Waals surface area contributed by atoms with E-state index in [-0.39, 0.29) is 16.2 Å². The molecule has 3 aliphatic rings. The topological polar surface area (TPSA) is 3.24 Å². The summed E-state index contributed by atoms with van der Waals surface area (Å²) in [4.78, 5) is 2.43. The lowest BCUT2D eigenvalue weighted by atomic mass is 9.60. The highest BCUT2D eigenvalue weighted by Gasteiger charge is 2.40. The number of para-hydroxylation sites is 2. The summed E-state index contributed by atoms with van der Waals surface area (Å²) < 4.78 is 0. The summed E-state index contributed by atoms with van der Waals surface area (Å²) in [6, 6.07) is 21.5. The number of nitrogens with zero attached hydrogens (tertiary/aromatic N) is 1. The van der Waals surface area contributed by atoms with Crippen LogP contribution in [0.1, 0.15) is 47.0 Å². The van der Waals surface area contributed by atoms with Crippen molar-refractivity contribution in [3.05, 3.63) is 133 Å². The Morgan fingerprint density at radius 1 is 0.658 bits per heavy atom. The van der Waals surface area contributed by atoms with Crippen LogP contribution in [0.5, 0.6) is 0 Å². The zero-order valence-electron chi connectivity index (χ0n) is 23.6. The van der Waals surface area contributed by atoms with Crippen molar-refractivity contribution < 1.29 is 0 Å². The molecule has 0 N–H and O–H groups in total. The molecule has 2 unspecified atom stereocenters. The highest BCUT2D eigenvalue weighted by molar-refractivity contribution is 5.64. The first-order valence-corrected chi connectivity index (χ1v) is 14.2. The Bertz CT molecular complexity index is 1190. The molecule has 2 aromatic carbocycles. The molecule has 1 heteroatoms. The number of hydrogen-bond acceptors (Lipinski definition) is 1. The monoisotopic (exact) mass is 501 g/mol. The van der Waals surface area contributed by atoms with Crippen LogP contribution in [-0.4, -0.2) is 6.54 Å². The van der Waals surface area contributed by atoms with E-state index in [1.54, 1.807) is 0 Å². The molecule has 0 fully saturated rings. The number of benzene rings is 2. The molecule has 0 aromatic heterocycles. The van der Waals surface area contributed by atoms with Gasteiger partial charge in [-0.1, -0.05) is 131 Å². The van der Waals surface area contributed by atoms with Crippen molar-refractivity contribution in [1.82, 2.24) is 0 Å². The summed E-state index contributed by atoms with van der Waals surface area (Å²) in [5, 5.41) is 0. The molecule has 0 aliphatic heterocycles. The maximum atomic E-state index is 2.58. The molecule has 0 bridgehead atoms. The van der Waals surface area contributed by atoms with Crippen LogP contribution in [0.4, 0.5) is 11.4 Å². The van der Waals surface area contributed by atoms with Gasteiger partial charge in [-0.25, -0.2) is 0 Å². The molecule has 3 aliphatic carbocycles. The van der Waals surface area contributed by atoms with Gasteiger partial charge in [0.2, 0.25) is 0 Å². The van der Waals surface area contributed by atoms with Gasteiger partial charge < -0.3 is 4.90 Å². The Hall–Kier alpha value is -3.32. The van der Waals surface area contributed by atoms with Crippen LogP contribution in [-0.2, 0) is 0 Å². The highest BCUT2D eigenvalue weighted by Crippen LogP contribution is 2.50. The van der Waals surface area contributed by atoms with Crippen molar-refractivity contribution in [1.29, 1.82) is 0 Å². The van der Waals surface area contributed by atoms with Gasteiger partial charge in [-0.2, -0.15) is 0 Å². The molecular weight excluding hydrogens is 458 g/mol. The minimum atomic E-state index is 0.142. The first-order chi connectivity index (χ1) is 18.3. The number of rotatable bonds is 8. The molecule has 0 spiro atoms. The summed E-state index contributed by atoms with van der Waals surface area (Å²) in [6.45, 7) is 10.4. The molecule has 2 atom stereocenters. The van der Waals surface area contributed by atoms with Crippen molar-refractivity contribution in [2.24, 2.45) is 28.1 Å². The van der Waals surface area contributed by atoms with Crippen molar-refractivity contribution in [2.45, 2.75) is 47.0 Å². The molecule has 2 aromatic rings. The minimum absolute atomic E-state index is 0.142. The first-order valence-electron chi connectivity index (χ1n) is 14.2. The summed E-state index contributed by atoms with van der Waals surface area (Å²) in [5.74, 6) is 1.06. The van der Waals surface area contributed by atoms with Gasteiger partial charge >= 0.3 is 0 Å². The van der Waals surface area contributed by atoms with E-state index in [1.165, 1.54) is 29.8 Å². The van der Waals surface area contributed by atoms with Crippen LogP contribution in [0, 0.1) is 28.1 Å². The molecule has 1 nitrogen and oxygen atoms in total. The van der Waals surface area contributed by atoms with Gasteiger partial charge in [0.05, 0.1) is 0 Å². The van der Waals surface area contributed by atoms with E-state index in [4.69, 9.17) is 0 Å². The molecule has 0 saturated heterocycles. The van der Waals surface area contributed by atoms with Gasteiger partial charge in [-0.3, -0.25) is 0 Å². The fourth-order valence-corrected chi connectivity index (χ4v) is 6.27. The maximum Gasteiger partial charge on any atom is 0.0478 e. The SMILES string of the molecule is CC1(C)C=CC=CC1CC1(CC2C=CC=CC2(C)C)C=CC(CN(c2ccccc2)c2ccccc2)=CC1. The summed E-state index contributed by atoms with van der Waals surface area (Å²) in [5.41, 5.74) is 4.34. The van der Waals surface area contributed by atoms with Crippen molar-refractivity contribution in [3.63, 3.8) is 0 Å². The van der Waals surface area contributed by atoms with E-state index < -0.39 is 0 Å². The predicted octanol–water partition coefficient (Wildman–Crippen LogP) is 10.0. The summed E-state index contributed by atoms with van der Waals surface area (Å²) >= 11 is 0. The average molecular weight is 502 g/mol. The Morgan fingerprint density at radius 2 is 1.16 bits per heavy atom. The van der Waals surface area contributed by atoms with Crippen LogP contribution in [0.3, 0.4) is 0 Å².